The number of hydrogen-bond acceptors (Lipinski definition) is 4. The Balaban J connectivity index is 1.72. The molecule has 0 radical (unpaired) electrons. The number of aliphatic carboxylic acids is 1. The maximum Gasteiger partial charge on any atom is 0.307 e. The van der Waals surface area contributed by atoms with Crippen LogP contribution in [0.4, 0.5) is 8.78 Å². The number of carboxylic acids is 1. The maximum absolute atomic E-state index is 13.9. The fourth-order valence-corrected chi connectivity index (χ4v) is 4.73. The van der Waals surface area contributed by atoms with Gasteiger partial charge in [0.25, 0.3) is 0 Å². The summed E-state index contributed by atoms with van der Waals surface area (Å²) in [5.41, 5.74) is 1.02. The molecule has 1 heterocycles. The fourth-order valence-electron chi connectivity index (χ4n) is 4.73. The number of halogens is 2. The summed E-state index contributed by atoms with van der Waals surface area (Å²) in [6.45, 7) is 2.09. The summed E-state index contributed by atoms with van der Waals surface area (Å²) in [4.78, 5) is 13.6. The van der Waals surface area contributed by atoms with Crippen LogP contribution in [0.3, 0.4) is 0 Å². The molecular formula is C28H29F2NO4. The van der Waals surface area contributed by atoms with Gasteiger partial charge in [0, 0.05) is 13.1 Å². The number of carboxylic acid groups (broad SMARTS) is 1. The lowest BCUT2D eigenvalue weighted by molar-refractivity contribution is -0.143. The monoisotopic (exact) mass is 481 g/mol. The second kappa shape index (κ2) is 11.0. The standard InChI is InChI=1S/C28H29F2NO4/c1-34-26-14-8-23(9-15-26)28(21-4-10-24(29)11-5-21,22-6-12-25(30)13-7-22)35-18-17-31-16-2-3-20(19-31)27(32)33/h4-15,20H,2-3,16-19H2,1H3,(H,32,33)/t20-/m1/s1. The Morgan fingerprint density at radius 3 is 1.94 bits per heavy atom. The minimum atomic E-state index is -1.14. The molecule has 1 N–H and O–H groups in total. The maximum atomic E-state index is 13.9. The number of hydrogen-bond donors (Lipinski definition) is 1. The molecule has 1 aliphatic heterocycles. The van der Waals surface area contributed by atoms with Crippen molar-refractivity contribution < 1.29 is 28.2 Å². The number of ether oxygens (including phenoxy) is 2. The summed E-state index contributed by atoms with van der Waals surface area (Å²) in [6.07, 6.45) is 1.49. The van der Waals surface area contributed by atoms with E-state index in [2.05, 4.69) is 4.90 Å². The van der Waals surface area contributed by atoms with E-state index < -0.39 is 11.6 Å². The van der Waals surface area contributed by atoms with Gasteiger partial charge in [-0.25, -0.2) is 8.78 Å². The molecule has 0 bridgehead atoms. The highest BCUT2D eigenvalue weighted by Gasteiger charge is 2.38. The van der Waals surface area contributed by atoms with Crippen molar-refractivity contribution in [2.45, 2.75) is 18.4 Å². The smallest absolute Gasteiger partial charge is 0.307 e. The summed E-state index contributed by atoms with van der Waals surface area (Å²) in [6, 6.07) is 19.6. The van der Waals surface area contributed by atoms with Gasteiger partial charge in [-0.2, -0.15) is 0 Å². The second-order valence-corrected chi connectivity index (χ2v) is 8.75. The van der Waals surface area contributed by atoms with E-state index in [-0.39, 0.29) is 24.2 Å². The highest BCUT2D eigenvalue weighted by atomic mass is 19.1. The first-order valence-corrected chi connectivity index (χ1v) is 11.7. The van der Waals surface area contributed by atoms with Gasteiger partial charge in [-0.15, -0.1) is 0 Å². The largest absolute Gasteiger partial charge is 0.497 e. The normalized spacial score (nSPS) is 16.7. The number of benzene rings is 3. The van der Waals surface area contributed by atoms with Crippen molar-refractivity contribution in [1.29, 1.82) is 0 Å². The van der Waals surface area contributed by atoms with Gasteiger partial charge >= 0.3 is 5.97 Å². The third-order valence-corrected chi connectivity index (χ3v) is 6.58. The van der Waals surface area contributed by atoms with Gasteiger partial charge in [0.05, 0.1) is 19.6 Å². The molecule has 0 saturated carbocycles. The van der Waals surface area contributed by atoms with Gasteiger partial charge in [-0.3, -0.25) is 4.79 Å². The van der Waals surface area contributed by atoms with E-state index in [1.165, 1.54) is 24.3 Å². The Morgan fingerprint density at radius 2 is 1.46 bits per heavy atom. The molecule has 1 aliphatic rings. The number of rotatable bonds is 9. The Labute approximate surface area is 203 Å². The highest BCUT2D eigenvalue weighted by Crippen LogP contribution is 2.41. The van der Waals surface area contributed by atoms with Crippen LogP contribution in [0.1, 0.15) is 29.5 Å². The van der Waals surface area contributed by atoms with Crippen LogP contribution in [-0.4, -0.2) is 49.3 Å². The molecule has 3 aromatic carbocycles. The van der Waals surface area contributed by atoms with Gasteiger partial charge in [0.2, 0.25) is 0 Å². The van der Waals surface area contributed by atoms with E-state index in [0.29, 0.717) is 36.4 Å². The first-order valence-electron chi connectivity index (χ1n) is 11.7. The minimum Gasteiger partial charge on any atom is -0.497 e. The average Bonchev–Trinajstić information content (AvgIpc) is 2.88. The Kier molecular flexibility index (Phi) is 7.78. The molecule has 1 atom stereocenters. The average molecular weight is 482 g/mol. The van der Waals surface area contributed by atoms with Crippen LogP contribution < -0.4 is 4.74 Å². The zero-order chi connectivity index (χ0) is 24.8. The van der Waals surface area contributed by atoms with Gasteiger partial charge < -0.3 is 19.5 Å². The van der Waals surface area contributed by atoms with E-state index in [9.17, 15) is 18.7 Å². The summed E-state index contributed by atoms with van der Waals surface area (Å²) in [5.74, 6) is -1.23. The predicted molar refractivity (Wildman–Crippen MR) is 128 cm³/mol. The molecule has 0 aliphatic carbocycles. The van der Waals surface area contributed by atoms with Crippen molar-refractivity contribution in [1.82, 2.24) is 4.90 Å². The number of carbonyl (C=O) groups is 1. The van der Waals surface area contributed by atoms with Crippen molar-refractivity contribution in [2.24, 2.45) is 5.92 Å². The van der Waals surface area contributed by atoms with E-state index in [1.54, 1.807) is 31.4 Å². The summed E-state index contributed by atoms with van der Waals surface area (Å²) in [5, 5.41) is 9.41. The zero-order valence-corrected chi connectivity index (χ0v) is 19.6. The zero-order valence-electron chi connectivity index (χ0n) is 19.6. The molecule has 0 spiro atoms. The molecule has 35 heavy (non-hydrogen) atoms. The first-order chi connectivity index (χ1) is 16.9. The summed E-state index contributed by atoms with van der Waals surface area (Å²) in [7, 11) is 1.59. The number of piperidine rings is 1. The molecule has 3 aromatic rings. The van der Waals surface area contributed by atoms with Gasteiger partial charge in [-0.05, 0) is 72.5 Å². The summed E-state index contributed by atoms with van der Waals surface area (Å²) >= 11 is 0. The van der Waals surface area contributed by atoms with Crippen LogP contribution in [0.2, 0.25) is 0 Å². The lowest BCUT2D eigenvalue weighted by atomic mass is 9.80. The molecule has 4 rings (SSSR count). The minimum absolute atomic E-state index is 0.285. The Hall–Kier alpha value is -3.29. The Morgan fingerprint density at radius 1 is 0.943 bits per heavy atom. The van der Waals surface area contributed by atoms with E-state index in [1.807, 2.05) is 24.3 Å². The first kappa shape index (κ1) is 24.8. The van der Waals surface area contributed by atoms with Crippen LogP contribution in [-0.2, 0) is 15.1 Å². The third-order valence-electron chi connectivity index (χ3n) is 6.58. The van der Waals surface area contributed by atoms with Crippen LogP contribution in [0, 0.1) is 17.6 Å². The topological polar surface area (TPSA) is 59.0 Å². The molecule has 1 saturated heterocycles. The number of nitrogens with zero attached hydrogens (tertiary/aromatic N) is 1. The SMILES string of the molecule is COc1ccc(C(OCCN2CCC[C@@H](C(=O)O)C2)(c2ccc(F)cc2)c2ccc(F)cc2)cc1. The van der Waals surface area contributed by atoms with Gasteiger partial charge in [0.1, 0.15) is 23.0 Å². The molecule has 0 aromatic heterocycles. The molecule has 184 valence electrons. The van der Waals surface area contributed by atoms with Gasteiger partial charge in [0.15, 0.2) is 0 Å². The van der Waals surface area contributed by atoms with Crippen molar-refractivity contribution >= 4 is 5.97 Å². The van der Waals surface area contributed by atoms with Crippen LogP contribution in [0.25, 0.3) is 0 Å². The van der Waals surface area contributed by atoms with Crippen molar-refractivity contribution in [2.75, 3.05) is 33.4 Å². The van der Waals surface area contributed by atoms with E-state index in [4.69, 9.17) is 9.47 Å². The molecule has 0 unspecified atom stereocenters. The Bertz CT molecular complexity index is 1070. The van der Waals surface area contributed by atoms with E-state index in [0.717, 1.165) is 18.5 Å². The third kappa shape index (κ3) is 5.52. The molecule has 1 fully saturated rings. The van der Waals surface area contributed by atoms with Crippen LogP contribution in [0.15, 0.2) is 72.8 Å². The van der Waals surface area contributed by atoms with Crippen molar-refractivity contribution in [3.8, 4) is 5.75 Å². The summed E-state index contributed by atoms with van der Waals surface area (Å²) < 4.78 is 39.7. The molecule has 0 amide bonds. The number of likely N-dealkylation sites (tertiary alicyclic amines) is 1. The lowest BCUT2D eigenvalue weighted by Gasteiger charge is -2.37. The quantitative estimate of drug-likeness (QED) is 0.432. The lowest BCUT2D eigenvalue weighted by Crippen LogP contribution is -2.42. The highest BCUT2D eigenvalue weighted by molar-refractivity contribution is 5.70. The van der Waals surface area contributed by atoms with E-state index >= 15 is 0 Å². The second-order valence-electron chi connectivity index (χ2n) is 8.75. The predicted octanol–water partition coefficient (Wildman–Crippen LogP) is 5.08. The molecular weight excluding hydrogens is 452 g/mol. The van der Waals surface area contributed by atoms with Crippen LogP contribution >= 0.6 is 0 Å². The number of methoxy groups -OCH3 is 1. The van der Waals surface area contributed by atoms with Crippen molar-refractivity contribution in [3.05, 3.63) is 101 Å². The fraction of sp³-hybridized carbons (Fsp3) is 0.321. The molecule has 7 heteroatoms. The molecule has 5 nitrogen and oxygen atoms in total. The van der Waals surface area contributed by atoms with Crippen molar-refractivity contribution in [3.63, 3.8) is 0 Å². The van der Waals surface area contributed by atoms with Gasteiger partial charge in [-0.1, -0.05) is 36.4 Å². The van der Waals surface area contributed by atoms with Crippen LogP contribution in [0.5, 0.6) is 5.75 Å².